The molecule has 4 heteroatoms. The van der Waals surface area contributed by atoms with Crippen LogP contribution in [0.5, 0.6) is 0 Å². The van der Waals surface area contributed by atoms with Crippen molar-refractivity contribution >= 4 is 43.3 Å². The van der Waals surface area contributed by atoms with Crippen LogP contribution >= 0.6 is 27.3 Å². The molecule has 1 heterocycles. The van der Waals surface area contributed by atoms with Crippen molar-refractivity contribution in [3.8, 4) is 0 Å². The highest BCUT2D eigenvalue weighted by atomic mass is 79.9. The summed E-state index contributed by atoms with van der Waals surface area (Å²) in [6.07, 6.45) is 0. The topological polar surface area (TPSA) is 43.1 Å². The van der Waals surface area contributed by atoms with Gasteiger partial charge in [-0.15, -0.1) is 11.3 Å². The first-order chi connectivity index (χ1) is 7.59. The number of thiophene rings is 1. The van der Waals surface area contributed by atoms with E-state index in [-0.39, 0.29) is 5.91 Å². The highest BCUT2D eigenvalue weighted by molar-refractivity contribution is 9.10. The number of primary amides is 1. The van der Waals surface area contributed by atoms with E-state index in [1.807, 2.05) is 32.9 Å². The molecule has 86 valence electrons. The molecule has 0 unspecified atom stereocenters. The Morgan fingerprint density at radius 3 is 2.56 bits per heavy atom. The number of carbonyl (C=O) groups excluding carboxylic acids is 1. The van der Waals surface area contributed by atoms with Gasteiger partial charge in [0.2, 0.25) is 5.91 Å². The third-order valence-electron chi connectivity index (χ3n) is 2.07. The van der Waals surface area contributed by atoms with Gasteiger partial charge in [-0.1, -0.05) is 19.9 Å². The molecule has 0 fully saturated rings. The SMILES string of the molecule is CC.Cc1sc2cc(C(N)=O)ccc2c1Br. The Morgan fingerprint density at radius 1 is 1.38 bits per heavy atom. The molecule has 16 heavy (non-hydrogen) atoms. The van der Waals surface area contributed by atoms with Crippen molar-refractivity contribution in [2.45, 2.75) is 20.8 Å². The van der Waals surface area contributed by atoms with Gasteiger partial charge in [-0.2, -0.15) is 0 Å². The van der Waals surface area contributed by atoms with Gasteiger partial charge in [0.15, 0.2) is 0 Å². The Bertz CT molecular complexity index is 519. The van der Waals surface area contributed by atoms with E-state index in [0.717, 1.165) is 14.6 Å². The van der Waals surface area contributed by atoms with Gasteiger partial charge in [0.05, 0.1) is 0 Å². The second-order valence-electron chi connectivity index (χ2n) is 3.05. The highest BCUT2D eigenvalue weighted by Gasteiger charge is 2.08. The number of halogens is 1. The fourth-order valence-electron chi connectivity index (χ4n) is 1.34. The summed E-state index contributed by atoms with van der Waals surface area (Å²) in [5.74, 6) is -0.380. The van der Waals surface area contributed by atoms with Gasteiger partial charge in [0, 0.05) is 25.0 Å². The second kappa shape index (κ2) is 5.46. The van der Waals surface area contributed by atoms with Gasteiger partial charge in [0.1, 0.15) is 0 Å². The van der Waals surface area contributed by atoms with Crippen LogP contribution in [0.2, 0.25) is 0 Å². The standard InChI is InChI=1S/C10H8BrNOS.C2H6/c1-5-9(11)7-3-2-6(10(12)13)4-8(7)14-5;1-2/h2-4H,1H3,(H2,12,13);1-2H3. The van der Waals surface area contributed by atoms with Crippen LogP contribution in [-0.2, 0) is 0 Å². The summed E-state index contributed by atoms with van der Waals surface area (Å²) in [5.41, 5.74) is 5.76. The van der Waals surface area contributed by atoms with Gasteiger partial charge in [-0.05, 0) is 35.0 Å². The number of fused-ring (bicyclic) bond motifs is 1. The molecule has 2 rings (SSSR count). The number of carbonyl (C=O) groups is 1. The van der Waals surface area contributed by atoms with Gasteiger partial charge < -0.3 is 5.73 Å². The van der Waals surface area contributed by atoms with Crippen LogP contribution < -0.4 is 5.73 Å². The van der Waals surface area contributed by atoms with Crippen molar-refractivity contribution in [1.82, 2.24) is 0 Å². The van der Waals surface area contributed by atoms with E-state index in [1.54, 1.807) is 17.4 Å². The van der Waals surface area contributed by atoms with E-state index in [2.05, 4.69) is 15.9 Å². The number of hydrogen-bond donors (Lipinski definition) is 1. The van der Waals surface area contributed by atoms with E-state index in [9.17, 15) is 4.79 Å². The molecule has 2 N–H and O–H groups in total. The minimum absolute atomic E-state index is 0.380. The average Bonchev–Trinajstić information content (AvgIpc) is 2.57. The van der Waals surface area contributed by atoms with Gasteiger partial charge in [-0.3, -0.25) is 4.79 Å². The van der Waals surface area contributed by atoms with E-state index in [0.29, 0.717) is 5.56 Å². The molecule has 0 saturated heterocycles. The average molecular weight is 300 g/mol. The Morgan fingerprint density at radius 2 is 2.00 bits per heavy atom. The lowest BCUT2D eigenvalue weighted by atomic mass is 10.1. The molecule has 0 aliphatic heterocycles. The summed E-state index contributed by atoms with van der Waals surface area (Å²) >= 11 is 5.16. The third kappa shape index (κ3) is 2.44. The van der Waals surface area contributed by atoms with Crippen LogP contribution in [0.4, 0.5) is 0 Å². The first-order valence-corrected chi connectivity index (χ1v) is 6.69. The predicted octanol–water partition coefficient (Wildman–Crippen LogP) is 4.10. The zero-order valence-corrected chi connectivity index (χ0v) is 11.9. The Balaban J connectivity index is 0.000000606. The molecule has 1 aromatic heterocycles. The maximum atomic E-state index is 11.0. The van der Waals surface area contributed by atoms with E-state index < -0.39 is 0 Å². The van der Waals surface area contributed by atoms with Crippen LogP contribution in [0.25, 0.3) is 10.1 Å². The van der Waals surface area contributed by atoms with E-state index in [4.69, 9.17) is 5.73 Å². The molecule has 0 saturated carbocycles. The summed E-state index contributed by atoms with van der Waals surface area (Å²) < 4.78 is 2.19. The number of aryl methyl sites for hydroxylation is 1. The zero-order chi connectivity index (χ0) is 12.3. The maximum Gasteiger partial charge on any atom is 0.248 e. The van der Waals surface area contributed by atoms with Crippen LogP contribution in [0.3, 0.4) is 0 Å². The Labute approximate surface area is 108 Å². The molecule has 0 atom stereocenters. The summed E-state index contributed by atoms with van der Waals surface area (Å²) in [6, 6.07) is 5.50. The normalized spacial score (nSPS) is 9.75. The summed E-state index contributed by atoms with van der Waals surface area (Å²) in [7, 11) is 0. The molecular weight excluding hydrogens is 286 g/mol. The molecule has 0 spiro atoms. The molecule has 0 bridgehead atoms. The monoisotopic (exact) mass is 299 g/mol. The number of rotatable bonds is 1. The number of nitrogens with two attached hydrogens (primary N) is 1. The maximum absolute atomic E-state index is 11.0. The number of benzene rings is 1. The fourth-order valence-corrected chi connectivity index (χ4v) is 3.06. The first kappa shape index (κ1) is 13.2. The highest BCUT2D eigenvalue weighted by Crippen LogP contribution is 2.35. The van der Waals surface area contributed by atoms with Crippen molar-refractivity contribution in [1.29, 1.82) is 0 Å². The molecule has 2 nitrogen and oxygen atoms in total. The molecule has 0 aliphatic rings. The molecule has 1 amide bonds. The van der Waals surface area contributed by atoms with Crippen LogP contribution in [0, 0.1) is 6.92 Å². The smallest absolute Gasteiger partial charge is 0.248 e. The summed E-state index contributed by atoms with van der Waals surface area (Å²) in [6.45, 7) is 6.04. The van der Waals surface area contributed by atoms with Gasteiger partial charge >= 0.3 is 0 Å². The van der Waals surface area contributed by atoms with Crippen LogP contribution in [0.1, 0.15) is 29.1 Å². The van der Waals surface area contributed by atoms with Crippen molar-refractivity contribution in [2.75, 3.05) is 0 Å². The molecule has 0 aliphatic carbocycles. The Hall–Kier alpha value is -0.870. The van der Waals surface area contributed by atoms with Crippen LogP contribution in [-0.4, -0.2) is 5.91 Å². The summed E-state index contributed by atoms with van der Waals surface area (Å²) in [5, 5.41) is 1.14. The van der Waals surface area contributed by atoms with Crippen LogP contribution in [0.15, 0.2) is 22.7 Å². The van der Waals surface area contributed by atoms with E-state index >= 15 is 0 Å². The number of hydrogen-bond acceptors (Lipinski definition) is 2. The summed E-state index contributed by atoms with van der Waals surface area (Å²) in [4.78, 5) is 12.2. The van der Waals surface area contributed by atoms with E-state index in [1.165, 1.54) is 4.88 Å². The minimum atomic E-state index is -0.380. The van der Waals surface area contributed by atoms with Gasteiger partial charge in [-0.25, -0.2) is 0 Å². The largest absolute Gasteiger partial charge is 0.366 e. The van der Waals surface area contributed by atoms with Crippen molar-refractivity contribution < 1.29 is 4.79 Å². The van der Waals surface area contributed by atoms with Gasteiger partial charge in [0.25, 0.3) is 0 Å². The molecule has 2 aromatic rings. The minimum Gasteiger partial charge on any atom is -0.366 e. The lowest BCUT2D eigenvalue weighted by Crippen LogP contribution is -2.10. The first-order valence-electron chi connectivity index (χ1n) is 5.08. The Kier molecular flexibility index (Phi) is 4.50. The lowest BCUT2D eigenvalue weighted by Gasteiger charge is -1.95. The van der Waals surface area contributed by atoms with Crippen molar-refractivity contribution in [3.05, 3.63) is 33.1 Å². The van der Waals surface area contributed by atoms with Crippen molar-refractivity contribution in [3.63, 3.8) is 0 Å². The quantitative estimate of drug-likeness (QED) is 0.846. The number of amides is 1. The zero-order valence-electron chi connectivity index (χ0n) is 9.50. The lowest BCUT2D eigenvalue weighted by molar-refractivity contribution is 0.100. The molecule has 1 aromatic carbocycles. The fraction of sp³-hybridized carbons (Fsp3) is 0.250. The second-order valence-corrected chi connectivity index (χ2v) is 5.10. The molecule has 0 radical (unpaired) electrons. The third-order valence-corrected chi connectivity index (χ3v) is 4.43. The predicted molar refractivity (Wildman–Crippen MR) is 74.1 cm³/mol. The molecular formula is C12H14BrNOS. The van der Waals surface area contributed by atoms with Crippen molar-refractivity contribution in [2.24, 2.45) is 5.73 Å².